The molecule has 224 valence electrons. The number of nitrogen functional groups attached to an aromatic ring is 1. The van der Waals surface area contributed by atoms with Crippen molar-refractivity contribution in [1.29, 1.82) is 0 Å². The van der Waals surface area contributed by atoms with Crippen molar-refractivity contribution in [2.75, 3.05) is 51.0 Å². The second kappa shape index (κ2) is 12.1. The molecular formula is C30H38F2N8O2. The maximum atomic E-state index is 15.8. The van der Waals surface area contributed by atoms with Crippen molar-refractivity contribution in [3.8, 4) is 17.4 Å². The van der Waals surface area contributed by atoms with E-state index in [1.807, 2.05) is 25.8 Å². The van der Waals surface area contributed by atoms with Gasteiger partial charge in [-0.1, -0.05) is 6.58 Å². The molecule has 6 rings (SSSR count). The molecular weight excluding hydrogens is 542 g/mol. The molecule has 1 amide bonds. The van der Waals surface area contributed by atoms with E-state index in [0.29, 0.717) is 42.6 Å². The van der Waals surface area contributed by atoms with E-state index in [0.717, 1.165) is 30.5 Å². The van der Waals surface area contributed by atoms with E-state index in [-0.39, 0.29) is 35.0 Å². The first-order chi connectivity index (χ1) is 20.1. The van der Waals surface area contributed by atoms with Gasteiger partial charge < -0.3 is 20.3 Å². The smallest absolute Gasteiger partial charge is 0.318 e. The maximum absolute atomic E-state index is 15.8. The number of fused-ring (bicyclic) bond motifs is 2. The van der Waals surface area contributed by atoms with Gasteiger partial charge in [-0.15, -0.1) is 0 Å². The Balaban J connectivity index is 0.000000330. The number of ether oxygens (including phenoxy) is 1. The molecule has 3 unspecified atom stereocenters. The lowest BCUT2D eigenvalue weighted by atomic mass is 10.1. The number of halogens is 2. The van der Waals surface area contributed by atoms with E-state index < -0.39 is 12.0 Å². The number of hydrogen-bond donors (Lipinski definition) is 1. The fraction of sp³-hybridized carbons (Fsp3) is 0.500. The molecule has 3 saturated heterocycles. The van der Waals surface area contributed by atoms with E-state index in [9.17, 15) is 9.18 Å². The number of likely N-dealkylation sites (N-methyl/N-ethyl adjacent to an activating group) is 1. The van der Waals surface area contributed by atoms with Crippen LogP contribution in [-0.4, -0.2) is 94.2 Å². The number of carbonyl (C=O) groups excluding carboxylic acids is 1. The van der Waals surface area contributed by atoms with Gasteiger partial charge in [0, 0.05) is 45.0 Å². The van der Waals surface area contributed by atoms with E-state index in [2.05, 4.69) is 31.4 Å². The molecule has 0 radical (unpaired) electrons. The highest BCUT2D eigenvalue weighted by molar-refractivity contribution is 5.92. The molecule has 0 bridgehead atoms. The highest BCUT2D eigenvalue weighted by Gasteiger charge is 2.35. The van der Waals surface area contributed by atoms with E-state index in [1.54, 1.807) is 17.2 Å². The fourth-order valence-electron chi connectivity index (χ4n) is 6.13. The van der Waals surface area contributed by atoms with Gasteiger partial charge in [0.1, 0.15) is 29.0 Å². The van der Waals surface area contributed by atoms with Crippen LogP contribution in [0.3, 0.4) is 0 Å². The van der Waals surface area contributed by atoms with Gasteiger partial charge in [0.2, 0.25) is 5.91 Å². The number of pyridine rings is 2. The number of rotatable bonds is 5. The molecule has 3 aliphatic rings. The van der Waals surface area contributed by atoms with Gasteiger partial charge in [-0.05, 0) is 69.3 Å². The van der Waals surface area contributed by atoms with Crippen molar-refractivity contribution in [3.05, 3.63) is 41.9 Å². The van der Waals surface area contributed by atoms with E-state index in [4.69, 9.17) is 10.5 Å². The second-order valence-corrected chi connectivity index (χ2v) is 11.2. The normalized spacial score (nSPS) is 21.7. The van der Waals surface area contributed by atoms with Gasteiger partial charge in [0.05, 0.1) is 18.2 Å². The van der Waals surface area contributed by atoms with Gasteiger partial charge in [-0.2, -0.15) is 9.97 Å². The number of carbonyl (C=O) groups is 1. The van der Waals surface area contributed by atoms with Crippen LogP contribution in [0.1, 0.15) is 36.8 Å². The summed E-state index contributed by atoms with van der Waals surface area (Å²) < 4.78 is 33.6. The third kappa shape index (κ3) is 5.72. The third-order valence-electron chi connectivity index (χ3n) is 8.59. The molecule has 3 fully saturated rings. The van der Waals surface area contributed by atoms with Gasteiger partial charge >= 0.3 is 6.01 Å². The highest BCUT2D eigenvalue weighted by atomic mass is 19.1. The van der Waals surface area contributed by atoms with Crippen molar-refractivity contribution in [2.45, 2.75) is 57.8 Å². The van der Waals surface area contributed by atoms with Crippen molar-refractivity contribution in [1.82, 2.24) is 29.7 Å². The lowest BCUT2D eigenvalue weighted by Crippen LogP contribution is -2.36. The Hall–Kier alpha value is -3.93. The number of methoxy groups -OCH3 is 1. The van der Waals surface area contributed by atoms with Crippen LogP contribution in [0.2, 0.25) is 0 Å². The Labute approximate surface area is 244 Å². The van der Waals surface area contributed by atoms with Crippen molar-refractivity contribution >= 4 is 28.4 Å². The zero-order chi connectivity index (χ0) is 30.1. The molecule has 0 aliphatic carbocycles. The van der Waals surface area contributed by atoms with Crippen LogP contribution in [0.15, 0.2) is 24.9 Å². The summed E-state index contributed by atoms with van der Waals surface area (Å²) in [5.74, 6) is 0.0168. The Morgan fingerprint density at radius 2 is 1.98 bits per heavy atom. The van der Waals surface area contributed by atoms with Crippen molar-refractivity contribution in [2.24, 2.45) is 0 Å². The third-order valence-corrected chi connectivity index (χ3v) is 8.59. The highest BCUT2D eigenvalue weighted by Crippen LogP contribution is 2.34. The predicted molar refractivity (Wildman–Crippen MR) is 159 cm³/mol. The molecule has 3 atom stereocenters. The number of nitrogens with zero attached hydrogens (tertiary/aromatic N) is 7. The number of nitrogens with two attached hydrogens (primary N) is 1. The minimum atomic E-state index is -0.627. The van der Waals surface area contributed by atoms with Gasteiger partial charge in [-0.25, -0.2) is 13.8 Å². The van der Waals surface area contributed by atoms with Crippen LogP contribution in [0.4, 0.5) is 20.4 Å². The number of hydrogen-bond acceptors (Lipinski definition) is 9. The predicted octanol–water partition coefficient (Wildman–Crippen LogP) is 3.85. The average Bonchev–Trinajstić information content (AvgIpc) is 3.72. The number of alkyl halides is 1. The minimum Gasteiger partial charge on any atom is -0.467 e. The van der Waals surface area contributed by atoms with Crippen LogP contribution < -0.4 is 15.4 Å². The number of aryl methyl sites for hydroxylation is 1. The zero-order valence-electron chi connectivity index (χ0n) is 24.6. The zero-order valence-corrected chi connectivity index (χ0v) is 24.6. The summed E-state index contributed by atoms with van der Waals surface area (Å²) >= 11 is 0. The Bertz CT molecular complexity index is 1490. The number of aromatic nitrogens is 4. The van der Waals surface area contributed by atoms with Crippen molar-refractivity contribution < 1.29 is 18.3 Å². The number of anilines is 2. The average molecular weight is 581 g/mol. The van der Waals surface area contributed by atoms with Gasteiger partial charge in [-0.3, -0.25) is 14.7 Å². The molecule has 3 aliphatic heterocycles. The molecule has 10 nitrogen and oxygen atoms in total. The first kappa shape index (κ1) is 29.6. The largest absolute Gasteiger partial charge is 0.467 e. The summed E-state index contributed by atoms with van der Waals surface area (Å²) in [6.07, 6.45) is 6.40. The Morgan fingerprint density at radius 3 is 2.69 bits per heavy atom. The lowest BCUT2D eigenvalue weighted by Gasteiger charge is -2.27. The van der Waals surface area contributed by atoms with Crippen LogP contribution in [0.25, 0.3) is 22.3 Å². The summed E-state index contributed by atoms with van der Waals surface area (Å²) in [4.78, 5) is 35.3. The van der Waals surface area contributed by atoms with E-state index >= 15 is 4.39 Å². The molecule has 6 heterocycles. The quantitative estimate of drug-likeness (QED) is 0.450. The van der Waals surface area contributed by atoms with E-state index in [1.165, 1.54) is 26.0 Å². The molecule has 3 aromatic heterocycles. The van der Waals surface area contributed by atoms with Crippen LogP contribution in [-0.2, 0) is 4.79 Å². The maximum Gasteiger partial charge on any atom is 0.318 e. The molecule has 3 aromatic rings. The molecule has 12 heteroatoms. The molecule has 42 heavy (non-hydrogen) atoms. The summed E-state index contributed by atoms with van der Waals surface area (Å²) in [5.41, 5.74) is 8.08. The van der Waals surface area contributed by atoms with Gasteiger partial charge in [0.25, 0.3) is 0 Å². The van der Waals surface area contributed by atoms with Gasteiger partial charge in [0.15, 0.2) is 5.82 Å². The summed E-state index contributed by atoms with van der Waals surface area (Å²) in [5, 5.41) is 0.436. The topological polar surface area (TPSA) is 114 Å². The summed E-state index contributed by atoms with van der Waals surface area (Å²) in [6.45, 7) is 10.3. The molecule has 0 aromatic carbocycles. The molecule has 0 saturated carbocycles. The van der Waals surface area contributed by atoms with Crippen molar-refractivity contribution in [3.63, 3.8) is 0 Å². The second-order valence-electron chi connectivity index (χ2n) is 11.2. The Kier molecular flexibility index (Phi) is 8.53. The summed E-state index contributed by atoms with van der Waals surface area (Å²) in [6, 6.07) is 2.36. The molecule has 0 spiro atoms. The van der Waals surface area contributed by atoms with Crippen LogP contribution in [0.5, 0.6) is 6.01 Å². The first-order valence-corrected chi connectivity index (χ1v) is 14.3. The number of likely N-dealkylation sites (tertiary alicyclic amines) is 1. The fourth-order valence-corrected chi connectivity index (χ4v) is 6.13. The number of amides is 1. The summed E-state index contributed by atoms with van der Waals surface area (Å²) in [7, 11) is 3.28. The standard InChI is InChI=1S/C23H26FN7O2.C7H12FN/c1-6-17(32)31-8-7-14(11-31)30(4)22-15-10-26-21(18(24)20(15)28-23(29-22)33-5)19-13(3)12(2)9-16(25)27-19;8-6-4-7-2-1-3-9(7)5-6/h6,9-10,14H,1,7-8,11H2,2-5H3,(H2,25,27);6-7H,1-5H2. The van der Waals surface area contributed by atoms with Crippen LogP contribution in [0, 0.1) is 19.7 Å². The Morgan fingerprint density at radius 1 is 1.19 bits per heavy atom. The monoisotopic (exact) mass is 580 g/mol. The lowest BCUT2D eigenvalue weighted by molar-refractivity contribution is -0.125. The minimum absolute atomic E-state index is 0.0140. The van der Waals surface area contributed by atoms with Crippen LogP contribution >= 0.6 is 0 Å². The SMILES string of the molecule is C=CC(=O)N1CCC(N(C)c2nc(OC)nc3c(F)c(-c4nc(N)cc(C)c4C)ncc23)C1.FC1CC2CCCN2C1. The molecule has 2 N–H and O–H groups in total. The first-order valence-electron chi connectivity index (χ1n) is 14.3.